The lowest BCUT2D eigenvalue weighted by Gasteiger charge is -2.38. The van der Waals surface area contributed by atoms with Gasteiger partial charge in [-0.2, -0.15) is 5.26 Å². The van der Waals surface area contributed by atoms with E-state index in [-0.39, 0.29) is 10.8 Å². The van der Waals surface area contributed by atoms with Crippen LogP contribution in [0.15, 0.2) is 42.6 Å². The van der Waals surface area contributed by atoms with Crippen LogP contribution in [0.25, 0.3) is 0 Å². The van der Waals surface area contributed by atoms with Crippen molar-refractivity contribution >= 4 is 5.82 Å². The van der Waals surface area contributed by atoms with Crippen LogP contribution in [0.5, 0.6) is 0 Å². The third-order valence-electron chi connectivity index (χ3n) is 4.79. The molecule has 2 aromatic rings. The van der Waals surface area contributed by atoms with Gasteiger partial charge < -0.3 is 4.90 Å². The van der Waals surface area contributed by atoms with Gasteiger partial charge in [-0.3, -0.25) is 0 Å². The largest absolute Gasteiger partial charge is 0.356 e. The van der Waals surface area contributed by atoms with Crippen LogP contribution in [0.1, 0.15) is 45.0 Å². The maximum atomic E-state index is 9.81. The first kappa shape index (κ1) is 16.4. The molecular formula is C20H24N4. The van der Waals surface area contributed by atoms with Crippen LogP contribution in [0.4, 0.5) is 5.82 Å². The van der Waals surface area contributed by atoms with Gasteiger partial charge in [-0.15, -0.1) is 0 Å². The number of hydrogen-bond donors (Lipinski definition) is 0. The van der Waals surface area contributed by atoms with Gasteiger partial charge in [-0.05, 0) is 24.5 Å². The Hall–Kier alpha value is -2.41. The van der Waals surface area contributed by atoms with E-state index in [1.807, 2.05) is 30.5 Å². The number of aromatic nitrogens is 2. The number of hydrogen-bond acceptors (Lipinski definition) is 4. The van der Waals surface area contributed by atoms with E-state index < -0.39 is 0 Å². The van der Waals surface area contributed by atoms with Gasteiger partial charge in [-0.25, -0.2) is 9.97 Å². The lowest BCUT2D eigenvalue weighted by molar-refractivity contribution is 0.413. The molecule has 2 heterocycles. The van der Waals surface area contributed by atoms with Crippen LogP contribution in [-0.2, 0) is 10.8 Å². The Morgan fingerprint density at radius 2 is 1.75 bits per heavy atom. The first-order valence-corrected chi connectivity index (χ1v) is 8.50. The number of nitrogens with zero attached hydrogens (tertiary/aromatic N) is 4. The molecule has 1 fully saturated rings. The van der Waals surface area contributed by atoms with Gasteiger partial charge in [0, 0.05) is 24.7 Å². The van der Waals surface area contributed by atoms with Crippen molar-refractivity contribution in [1.29, 1.82) is 5.26 Å². The molecule has 1 aliphatic heterocycles. The van der Waals surface area contributed by atoms with E-state index in [9.17, 15) is 5.26 Å². The lowest BCUT2D eigenvalue weighted by Crippen LogP contribution is -2.42. The minimum absolute atomic E-state index is 0.0632. The van der Waals surface area contributed by atoms with Gasteiger partial charge in [0.25, 0.3) is 0 Å². The molecule has 0 unspecified atom stereocenters. The Morgan fingerprint density at radius 3 is 2.33 bits per heavy atom. The predicted octanol–water partition coefficient (Wildman–Crippen LogP) is 3.84. The van der Waals surface area contributed by atoms with Crippen LogP contribution in [0.3, 0.4) is 0 Å². The molecule has 4 heteroatoms. The van der Waals surface area contributed by atoms with E-state index in [4.69, 9.17) is 4.98 Å². The highest BCUT2D eigenvalue weighted by Gasteiger charge is 2.36. The standard InChI is InChI=1S/C20H24N4/c1-19(2,3)18-22-12-9-17(23-18)24-13-10-20(15-21,11-14-24)16-7-5-4-6-8-16/h4-9,12H,10-11,13-14H2,1-3H3. The molecule has 0 aliphatic carbocycles. The zero-order valence-corrected chi connectivity index (χ0v) is 14.7. The molecule has 0 amide bonds. The minimum atomic E-state index is -0.377. The zero-order chi connectivity index (χ0) is 17.2. The summed E-state index contributed by atoms with van der Waals surface area (Å²) in [6, 6.07) is 14.7. The van der Waals surface area contributed by atoms with Gasteiger partial charge in [0.05, 0.1) is 11.5 Å². The van der Waals surface area contributed by atoms with E-state index >= 15 is 0 Å². The summed E-state index contributed by atoms with van der Waals surface area (Å²) in [5, 5.41) is 9.81. The SMILES string of the molecule is CC(C)(C)c1nccc(N2CCC(C#N)(c3ccccc3)CC2)n1. The number of benzene rings is 1. The average molecular weight is 320 g/mol. The van der Waals surface area contributed by atoms with Gasteiger partial charge in [0.15, 0.2) is 0 Å². The molecule has 1 aromatic carbocycles. The molecule has 0 saturated carbocycles. The summed E-state index contributed by atoms with van der Waals surface area (Å²) in [4.78, 5) is 11.4. The maximum Gasteiger partial charge on any atom is 0.135 e. The highest BCUT2D eigenvalue weighted by molar-refractivity contribution is 5.42. The van der Waals surface area contributed by atoms with Crippen molar-refractivity contribution in [3.8, 4) is 6.07 Å². The molecule has 0 N–H and O–H groups in total. The van der Waals surface area contributed by atoms with Crippen molar-refractivity contribution < 1.29 is 0 Å². The van der Waals surface area contributed by atoms with Crippen LogP contribution in [0, 0.1) is 11.3 Å². The molecule has 1 saturated heterocycles. The van der Waals surface area contributed by atoms with Crippen molar-refractivity contribution in [2.24, 2.45) is 0 Å². The molecule has 0 spiro atoms. The van der Waals surface area contributed by atoms with Crippen LogP contribution >= 0.6 is 0 Å². The number of rotatable bonds is 2. The van der Waals surface area contributed by atoms with Gasteiger partial charge >= 0.3 is 0 Å². The summed E-state index contributed by atoms with van der Waals surface area (Å²) in [6.07, 6.45) is 3.48. The maximum absolute atomic E-state index is 9.81. The summed E-state index contributed by atoms with van der Waals surface area (Å²) in [6.45, 7) is 8.04. The molecule has 1 aliphatic rings. The fourth-order valence-electron chi connectivity index (χ4n) is 3.23. The topological polar surface area (TPSA) is 52.8 Å². The van der Waals surface area contributed by atoms with E-state index in [1.165, 1.54) is 0 Å². The molecule has 4 nitrogen and oxygen atoms in total. The minimum Gasteiger partial charge on any atom is -0.356 e. The van der Waals surface area contributed by atoms with Crippen molar-refractivity contribution in [2.75, 3.05) is 18.0 Å². The third-order valence-corrected chi connectivity index (χ3v) is 4.79. The molecule has 124 valence electrons. The Morgan fingerprint density at radius 1 is 1.08 bits per heavy atom. The van der Waals surface area contributed by atoms with Crippen molar-refractivity contribution in [2.45, 2.75) is 44.4 Å². The smallest absolute Gasteiger partial charge is 0.135 e. The fourth-order valence-corrected chi connectivity index (χ4v) is 3.23. The Balaban J connectivity index is 1.79. The van der Waals surface area contributed by atoms with Crippen LogP contribution < -0.4 is 4.90 Å². The van der Waals surface area contributed by atoms with E-state index in [0.717, 1.165) is 43.1 Å². The van der Waals surface area contributed by atoms with E-state index in [1.54, 1.807) is 0 Å². The predicted molar refractivity (Wildman–Crippen MR) is 95.9 cm³/mol. The molecule has 24 heavy (non-hydrogen) atoms. The van der Waals surface area contributed by atoms with Crippen molar-refractivity contribution in [3.05, 3.63) is 54.0 Å². The molecule has 0 bridgehead atoms. The molecule has 0 atom stereocenters. The summed E-state index contributed by atoms with van der Waals surface area (Å²) in [5.74, 6) is 1.83. The first-order chi connectivity index (χ1) is 11.4. The molecule has 1 aromatic heterocycles. The molecular weight excluding hydrogens is 296 g/mol. The highest BCUT2D eigenvalue weighted by atomic mass is 15.2. The van der Waals surface area contributed by atoms with Crippen molar-refractivity contribution in [1.82, 2.24) is 9.97 Å². The number of nitriles is 1. The first-order valence-electron chi connectivity index (χ1n) is 8.50. The van der Waals surface area contributed by atoms with Gasteiger partial charge in [0.2, 0.25) is 0 Å². The fraction of sp³-hybridized carbons (Fsp3) is 0.450. The second kappa shape index (κ2) is 6.24. The quantitative estimate of drug-likeness (QED) is 0.843. The lowest BCUT2D eigenvalue weighted by atomic mass is 9.74. The molecule has 0 radical (unpaired) electrons. The summed E-state index contributed by atoms with van der Waals surface area (Å²) in [7, 11) is 0. The Bertz CT molecular complexity index is 732. The van der Waals surface area contributed by atoms with Crippen LogP contribution in [-0.4, -0.2) is 23.1 Å². The summed E-state index contributed by atoms with van der Waals surface area (Å²) < 4.78 is 0. The average Bonchev–Trinajstić information content (AvgIpc) is 2.62. The second-order valence-electron chi connectivity index (χ2n) is 7.54. The summed E-state index contributed by atoms with van der Waals surface area (Å²) >= 11 is 0. The Labute approximate surface area is 144 Å². The van der Waals surface area contributed by atoms with Gasteiger partial charge in [-0.1, -0.05) is 51.1 Å². The normalized spacial score (nSPS) is 17.3. The van der Waals surface area contributed by atoms with E-state index in [0.29, 0.717) is 0 Å². The number of anilines is 1. The third kappa shape index (κ3) is 3.12. The van der Waals surface area contributed by atoms with Gasteiger partial charge in [0.1, 0.15) is 11.6 Å². The number of piperidine rings is 1. The van der Waals surface area contributed by atoms with E-state index in [2.05, 4.69) is 48.9 Å². The van der Waals surface area contributed by atoms with Crippen molar-refractivity contribution in [3.63, 3.8) is 0 Å². The second-order valence-corrected chi connectivity index (χ2v) is 7.54. The zero-order valence-electron chi connectivity index (χ0n) is 14.7. The molecule has 3 rings (SSSR count). The van der Waals surface area contributed by atoms with Crippen LogP contribution in [0.2, 0.25) is 0 Å². The highest BCUT2D eigenvalue weighted by Crippen LogP contribution is 2.36. The summed E-state index contributed by atoms with van der Waals surface area (Å²) in [5.41, 5.74) is 0.689. The monoisotopic (exact) mass is 320 g/mol. The Kier molecular flexibility index (Phi) is 4.28.